The predicted molar refractivity (Wildman–Crippen MR) is 49.9 cm³/mol. The van der Waals surface area contributed by atoms with Crippen LogP contribution in [-0.2, 0) is 0 Å². The van der Waals surface area contributed by atoms with E-state index < -0.39 is 23.5 Å². The molecular formula is C10H11F3N2. The van der Waals surface area contributed by atoms with Crippen molar-refractivity contribution >= 4 is 0 Å². The molecule has 1 aliphatic heterocycles. The van der Waals surface area contributed by atoms with Crippen molar-refractivity contribution in [1.82, 2.24) is 10.6 Å². The zero-order chi connectivity index (χ0) is 10.8. The van der Waals surface area contributed by atoms with E-state index in [1.165, 1.54) is 0 Å². The molecule has 1 atom stereocenters. The Morgan fingerprint density at radius 3 is 2.27 bits per heavy atom. The number of hydrogen-bond donors (Lipinski definition) is 2. The van der Waals surface area contributed by atoms with E-state index in [0.717, 1.165) is 6.54 Å². The van der Waals surface area contributed by atoms with Gasteiger partial charge in [0, 0.05) is 37.3 Å². The highest BCUT2D eigenvalue weighted by molar-refractivity contribution is 5.25. The molecular weight excluding hydrogens is 205 g/mol. The molecule has 1 saturated heterocycles. The Kier molecular flexibility index (Phi) is 2.93. The van der Waals surface area contributed by atoms with Gasteiger partial charge in [-0.2, -0.15) is 0 Å². The van der Waals surface area contributed by atoms with Crippen molar-refractivity contribution in [3.05, 3.63) is 35.1 Å². The van der Waals surface area contributed by atoms with Gasteiger partial charge >= 0.3 is 0 Å². The van der Waals surface area contributed by atoms with Crippen LogP contribution in [0.4, 0.5) is 13.2 Å². The highest BCUT2D eigenvalue weighted by atomic mass is 19.1. The fourth-order valence-electron chi connectivity index (χ4n) is 1.74. The number of rotatable bonds is 1. The number of benzene rings is 1. The van der Waals surface area contributed by atoms with Gasteiger partial charge in [0.25, 0.3) is 0 Å². The molecule has 1 fully saturated rings. The van der Waals surface area contributed by atoms with Gasteiger partial charge in [0.1, 0.15) is 17.5 Å². The Hall–Kier alpha value is -1.07. The van der Waals surface area contributed by atoms with Crippen molar-refractivity contribution in [1.29, 1.82) is 0 Å². The van der Waals surface area contributed by atoms with Gasteiger partial charge in [-0.3, -0.25) is 0 Å². The normalized spacial score (nSPS) is 21.7. The maximum absolute atomic E-state index is 13.3. The third-order valence-electron chi connectivity index (χ3n) is 2.43. The molecule has 1 heterocycles. The van der Waals surface area contributed by atoms with E-state index in [1.807, 2.05) is 0 Å². The van der Waals surface area contributed by atoms with Gasteiger partial charge in [-0.1, -0.05) is 0 Å². The van der Waals surface area contributed by atoms with E-state index in [2.05, 4.69) is 10.6 Å². The molecule has 0 spiro atoms. The molecule has 0 saturated carbocycles. The molecule has 1 aliphatic rings. The first-order chi connectivity index (χ1) is 7.18. The maximum atomic E-state index is 13.3. The van der Waals surface area contributed by atoms with Crippen LogP contribution in [0, 0.1) is 17.5 Å². The SMILES string of the molecule is Fc1cc(F)c([C@@H]2CNCCN2)c(F)c1. The van der Waals surface area contributed by atoms with Crippen LogP contribution in [0.5, 0.6) is 0 Å². The minimum Gasteiger partial charge on any atom is -0.314 e. The first-order valence-corrected chi connectivity index (χ1v) is 4.77. The van der Waals surface area contributed by atoms with Crippen molar-refractivity contribution < 1.29 is 13.2 Å². The van der Waals surface area contributed by atoms with Crippen molar-refractivity contribution in [2.45, 2.75) is 6.04 Å². The first-order valence-electron chi connectivity index (χ1n) is 4.77. The van der Waals surface area contributed by atoms with Crippen molar-refractivity contribution in [2.24, 2.45) is 0 Å². The molecule has 0 radical (unpaired) electrons. The summed E-state index contributed by atoms with van der Waals surface area (Å²) in [6.45, 7) is 1.85. The van der Waals surface area contributed by atoms with Crippen LogP contribution in [0.1, 0.15) is 11.6 Å². The van der Waals surface area contributed by atoms with E-state index >= 15 is 0 Å². The van der Waals surface area contributed by atoms with Gasteiger partial charge in [0.05, 0.1) is 6.04 Å². The van der Waals surface area contributed by atoms with Crippen LogP contribution < -0.4 is 10.6 Å². The van der Waals surface area contributed by atoms with Crippen LogP contribution in [-0.4, -0.2) is 19.6 Å². The second kappa shape index (κ2) is 4.20. The van der Waals surface area contributed by atoms with Gasteiger partial charge in [0.15, 0.2) is 0 Å². The lowest BCUT2D eigenvalue weighted by Gasteiger charge is -2.25. The molecule has 2 N–H and O–H groups in total. The summed E-state index contributed by atoms with van der Waals surface area (Å²) in [7, 11) is 0. The Morgan fingerprint density at radius 1 is 1.07 bits per heavy atom. The van der Waals surface area contributed by atoms with Gasteiger partial charge in [0.2, 0.25) is 0 Å². The molecule has 2 rings (SSSR count). The fraction of sp³-hybridized carbons (Fsp3) is 0.400. The molecule has 0 aliphatic carbocycles. The lowest BCUT2D eigenvalue weighted by atomic mass is 10.0. The monoisotopic (exact) mass is 216 g/mol. The van der Waals surface area contributed by atoms with Crippen LogP contribution in [0.15, 0.2) is 12.1 Å². The summed E-state index contributed by atoms with van der Waals surface area (Å²) in [5.41, 5.74) is -0.0939. The molecule has 0 bridgehead atoms. The number of halogens is 3. The summed E-state index contributed by atoms with van der Waals surface area (Å²) >= 11 is 0. The topological polar surface area (TPSA) is 24.1 Å². The Morgan fingerprint density at radius 2 is 1.73 bits per heavy atom. The molecule has 0 unspecified atom stereocenters. The molecule has 1 aromatic rings. The summed E-state index contributed by atoms with van der Waals surface area (Å²) in [4.78, 5) is 0. The molecule has 82 valence electrons. The smallest absolute Gasteiger partial charge is 0.133 e. The van der Waals surface area contributed by atoms with Crippen molar-refractivity contribution in [3.8, 4) is 0 Å². The minimum absolute atomic E-state index is 0.0939. The Balaban J connectivity index is 2.33. The average Bonchev–Trinajstić information content (AvgIpc) is 2.17. The third-order valence-corrected chi connectivity index (χ3v) is 2.43. The summed E-state index contributed by atoms with van der Waals surface area (Å²) in [5, 5.41) is 5.98. The lowest BCUT2D eigenvalue weighted by molar-refractivity contribution is 0.397. The van der Waals surface area contributed by atoms with E-state index in [4.69, 9.17) is 0 Å². The standard InChI is InChI=1S/C10H11F3N2/c11-6-3-7(12)10(8(13)4-6)9-5-14-1-2-15-9/h3-4,9,14-15H,1-2,5H2/t9-/m0/s1. The number of nitrogens with one attached hydrogen (secondary N) is 2. The van der Waals surface area contributed by atoms with E-state index in [9.17, 15) is 13.2 Å². The van der Waals surface area contributed by atoms with Crippen molar-refractivity contribution in [3.63, 3.8) is 0 Å². The highest BCUT2D eigenvalue weighted by Gasteiger charge is 2.22. The van der Waals surface area contributed by atoms with E-state index in [-0.39, 0.29) is 5.56 Å². The van der Waals surface area contributed by atoms with E-state index in [0.29, 0.717) is 25.2 Å². The number of piperazine rings is 1. The van der Waals surface area contributed by atoms with Gasteiger partial charge in [-0.25, -0.2) is 13.2 Å². The largest absolute Gasteiger partial charge is 0.314 e. The molecule has 5 heteroatoms. The summed E-state index contributed by atoms with van der Waals surface area (Å²) in [6, 6.07) is 0.975. The maximum Gasteiger partial charge on any atom is 0.133 e. The Bertz CT molecular complexity index is 339. The first kappa shape index (κ1) is 10.4. The minimum atomic E-state index is -0.891. The summed E-state index contributed by atoms with van der Waals surface area (Å²) in [6.07, 6.45) is 0. The van der Waals surface area contributed by atoms with Crippen LogP contribution in [0.25, 0.3) is 0 Å². The fourth-order valence-corrected chi connectivity index (χ4v) is 1.74. The molecule has 1 aromatic carbocycles. The second-order valence-electron chi connectivity index (χ2n) is 3.49. The van der Waals surface area contributed by atoms with Gasteiger partial charge < -0.3 is 10.6 Å². The molecule has 0 amide bonds. The Labute approximate surface area is 85.5 Å². The molecule has 0 aromatic heterocycles. The van der Waals surface area contributed by atoms with Crippen LogP contribution in [0.3, 0.4) is 0 Å². The average molecular weight is 216 g/mol. The summed E-state index contributed by atoms with van der Waals surface area (Å²) < 4.78 is 39.4. The molecule has 15 heavy (non-hydrogen) atoms. The van der Waals surface area contributed by atoms with Gasteiger partial charge in [-0.15, -0.1) is 0 Å². The zero-order valence-corrected chi connectivity index (χ0v) is 7.99. The lowest BCUT2D eigenvalue weighted by Crippen LogP contribution is -2.43. The van der Waals surface area contributed by atoms with Gasteiger partial charge in [-0.05, 0) is 0 Å². The quantitative estimate of drug-likeness (QED) is 0.740. The van der Waals surface area contributed by atoms with Crippen molar-refractivity contribution in [2.75, 3.05) is 19.6 Å². The second-order valence-corrected chi connectivity index (χ2v) is 3.49. The van der Waals surface area contributed by atoms with E-state index in [1.54, 1.807) is 0 Å². The molecule has 2 nitrogen and oxygen atoms in total. The van der Waals surface area contributed by atoms with Crippen LogP contribution >= 0.6 is 0 Å². The zero-order valence-electron chi connectivity index (χ0n) is 7.99. The van der Waals surface area contributed by atoms with Crippen LogP contribution in [0.2, 0.25) is 0 Å². The third kappa shape index (κ3) is 2.13. The predicted octanol–water partition coefficient (Wildman–Crippen LogP) is 1.34. The highest BCUT2D eigenvalue weighted by Crippen LogP contribution is 2.22. The summed E-state index contributed by atoms with van der Waals surface area (Å²) in [5.74, 6) is -2.57. The number of hydrogen-bond acceptors (Lipinski definition) is 2.